The highest BCUT2D eigenvalue weighted by Gasteiger charge is 2.37. The Balaban J connectivity index is 1.10. The van der Waals surface area contributed by atoms with Crippen molar-refractivity contribution in [3.05, 3.63) is 149 Å². The van der Waals surface area contributed by atoms with Gasteiger partial charge in [-0.25, -0.2) is 0 Å². The molecule has 1 heterocycles. The van der Waals surface area contributed by atoms with Crippen molar-refractivity contribution < 1.29 is 0 Å². The van der Waals surface area contributed by atoms with Crippen molar-refractivity contribution in [3.63, 3.8) is 0 Å². The van der Waals surface area contributed by atoms with Crippen LogP contribution in [0.3, 0.4) is 0 Å². The minimum absolute atomic E-state index is 0.0908. The van der Waals surface area contributed by atoms with Crippen LogP contribution >= 0.6 is 0 Å². The highest BCUT2D eigenvalue weighted by atomic mass is 15.0. The van der Waals surface area contributed by atoms with Gasteiger partial charge in [0.05, 0.1) is 11.0 Å². The van der Waals surface area contributed by atoms with Crippen LogP contribution < -0.4 is 0 Å². The fourth-order valence-electron chi connectivity index (χ4n) is 9.23. The number of nitrogens with zero attached hydrogens (tertiary/aromatic N) is 1. The Bertz CT molecular complexity index is 2410. The number of aryl methyl sites for hydroxylation is 1. The molecule has 10 rings (SSSR count). The molecule has 1 aromatic heterocycles. The lowest BCUT2D eigenvalue weighted by atomic mass is 9.76. The van der Waals surface area contributed by atoms with Gasteiger partial charge in [-0.15, -0.1) is 0 Å². The van der Waals surface area contributed by atoms with E-state index in [2.05, 4.69) is 147 Å². The lowest BCUT2D eigenvalue weighted by molar-refractivity contribution is 0.420. The van der Waals surface area contributed by atoms with Gasteiger partial charge in [-0.05, 0) is 142 Å². The first-order chi connectivity index (χ1) is 24.0. The zero-order valence-corrected chi connectivity index (χ0v) is 28.9. The Kier molecular flexibility index (Phi) is 6.41. The second-order valence-corrected chi connectivity index (χ2v) is 15.6. The van der Waals surface area contributed by atoms with Crippen molar-refractivity contribution in [2.24, 2.45) is 0 Å². The third-order valence-electron chi connectivity index (χ3n) is 12.6. The molecule has 0 atom stereocenters. The van der Waals surface area contributed by atoms with Crippen LogP contribution in [-0.4, -0.2) is 4.57 Å². The van der Waals surface area contributed by atoms with Gasteiger partial charge in [0.25, 0.3) is 0 Å². The van der Waals surface area contributed by atoms with Crippen LogP contribution in [0.1, 0.15) is 92.0 Å². The van der Waals surface area contributed by atoms with E-state index in [1.54, 1.807) is 0 Å². The molecule has 3 aliphatic rings. The molecule has 0 aliphatic heterocycles. The summed E-state index contributed by atoms with van der Waals surface area (Å²) in [5.41, 5.74) is 19.1. The number of hydrogen-bond donors (Lipinski definition) is 0. The number of rotatable bonds is 5. The predicted octanol–water partition coefficient (Wildman–Crippen LogP) is 13.3. The fraction of sp³-hybridized carbons (Fsp3) is 0.250. The van der Waals surface area contributed by atoms with Crippen molar-refractivity contribution in [2.75, 3.05) is 0 Å². The third-order valence-corrected chi connectivity index (χ3v) is 12.6. The summed E-state index contributed by atoms with van der Waals surface area (Å²) in [6, 6.07) is 46.7. The normalized spacial score (nSPS) is 16.8. The number of hydrogen-bond acceptors (Lipinski definition) is 0. The first-order valence-corrected chi connectivity index (χ1v) is 18.5. The quantitative estimate of drug-likeness (QED) is 0.178. The number of aromatic nitrogens is 1. The van der Waals surface area contributed by atoms with Crippen LogP contribution in [0.25, 0.3) is 60.9 Å². The summed E-state index contributed by atoms with van der Waals surface area (Å²) in [4.78, 5) is 0. The molecular weight excluding hydrogens is 591 g/mol. The van der Waals surface area contributed by atoms with Crippen molar-refractivity contribution in [1.29, 1.82) is 0 Å². The molecule has 0 unspecified atom stereocenters. The zero-order chi connectivity index (χ0) is 32.9. The second kappa shape index (κ2) is 10.8. The van der Waals surface area contributed by atoms with Crippen LogP contribution in [0.5, 0.6) is 0 Å². The Morgan fingerprint density at radius 3 is 1.88 bits per heavy atom. The van der Waals surface area contributed by atoms with Gasteiger partial charge < -0.3 is 4.57 Å². The summed E-state index contributed by atoms with van der Waals surface area (Å²) in [7, 11) is 0. The summed E-state index contributed by atoms with van der Waals surface area (Å²) in [5.74, 6) is 1.47. The molecule has 0 amide bonds. The van der Waals surface area contributed by atoms with E-state index in [-0.39, 0.29) is 5.41 Å². The van der Waals surface area contributed by atoms with E-state index in [0.29, 0.717) is 5.92 Å². The molecule has 1 heteroatoms. The molecule has 49 heavy (non-hydrogen) atoms. The molecule has 7 aromatic rings. The Labute approximate surface area is 290 Å². The van der Waals surface area contributed by atoms with Gasteiger partial charge >= 0.3 is 0 Å². The molecule has 0 spiro atoms. The zero-order valence-electron chi connectivity index (χ0n) is 28.9. The molecule has 6 aromatic carbocycles. The van der Waals surface area contributed by atoms with Crippen LogP contribution in [0.4, 0.5) is 0 Å². The number of benzene rings is 6. The molecule has 2 saturated carbocycles. The maximum atomic E-state index is 2.53. The SMILES string of the molecule is Cc1cc2c(cc1-c1ccccc1C1CCC1)-c1cc3c4ccccc4n(-c4ccc(-c5ccc(C6CCC6)cc5)cc4)c3cc1C2(C)C. The largest absolute Gasteiger partial charge is 0.309 e. The molecule has 3 aliphatic carbocycles. The monoisotopic (exact) mass is 633 g/mol. The fourth-order valence-corrected chi connectivity index (χ4v) is 9.23. The first-order valence-electron chi connectivity index (χ1n) is 18.5. The third kappa shape index (κ3) is 4.37. The van der Waals surface area contributed by atoms with E-state index in [4.69, 9.17) is 0 Å². The molecule has 1 nitrogen and oxygen atoms in total. The Morgan fingerprint density at radius 2 is 1.16 bits per heavy atom. The van der Waals surface area contributed by atoms with Crippen molar-refractivity contribution in [3.8, 4) is 39.1 Å². The number of fused-ring (bicyclic) bond motifs is 6. The summed E-state index contributed by atoms with van der Waals surface area (Å²) >= 11 is 0. The van der Waals surface area contributed by atoms with E-state index < -0.39 is 0 Å². The summed E-state index contributed by atoms with van der Waals surface area (Å²) in [6.07, 6.45) is 8.04. The molecule has 0 saturated heterocycles. The van der Waals surface area contributed by atoms with Gasteiger partial charge in [0.2, 0.25) is 0 Å². The highest BCUT2D eigenvalue weighted by Crippen LogP contribution is 2.53. The highest BCUT2D eigenvalue weighted by molar-refractivity contribution is 6.11. The Hall–Kier alpha value is -4.88. The smallest absolute Gasteiger partial charge is 0.0544 e. The van der Waals surface area contributed by atoms with Crippen molar-refractivity contribution >= 4 is 21.8 Å². The molecule has 0 radical (unpaired) electrons. The van der Waals surface area contributed by atoms with Gasteiger partial charge in [0.15, 0.2) is 0 Å². The van der Waals surface area contributed by atoms with Crippen molar-refractivity contribution in [2.45, 2.75) is 76.5 Å². The minimum atomic E-state index is -0.0908. The summed E-state index contributed by atoms with van der Waals surface area (Å²) in [5, 5.41) is 2.63. The van der Waals surface area contributed by atoms with E-state index in [0.717, 1.165) is 5.92 Å². The standard InChI is InChI=1S/C48H43N/c1-30-26-44-41(27-40(30)38-15-5-4-14-37(38)35-12-9-13-35)42-28-43-39-16-6-7-17-46(39)49(47(43)29-45(42)48(44,2)3)36-24-22-34(23-25-36)33-20-18-32(19-21-33)31-10-8-11-31/h4-7,14-29,31,35H,8-13H2,1-3H3. The number of para-hydroxylation sites is 1. The van der Waals surface area contributed by atoms with Crippen LogP contribution in [0.2, 0.25) is 0 Å². The average Bonchev–Trinajstić information content (AvgIpc) is 3.50. The van der Waals surface area contributed by atoms with Gasteiger partial charge in [-0.3, -0.25) is 0 Å². The maximum Gasteiger partial charge on any atom is 0.0544 e. The molecular formula is C48H43N. The summed E-state index contributed by atoms with van der Waals surface area (Å²) in [6.45, 7) is 7.16. The second-order valence-electron chi connectivity index (χ2n) is 15.6. The molecule has 0 bridgehead atoms. The van der Waals surface area contributed by atoms with Gasteiger partial charge in [0, 0.05) is 21.9 Å². The van der Waals surface area contributed by atoms with Gasteiger partial charge in [0.1, 0.15) is 0 Å². The van der Waals surface area contributed by atoms with Crippen molar-refractivity contribution in [1.82, 2.24) is 4.57 Å². The predicted molar refractivity (Wildman–Crippen MR) is 207 cm³/mol. The van der Waals surface area contributed by atoms with E-state index in [9.17, 15) is 0 Å². The molecule has 240 valence electrons. The lowest BCUT2D eigenvalue weighted by Gasteiger charge is -2.29. The topological polar surface area (TPSA) is 4.93 Å². The summed E-state index contributed by atoms with van der Waals surface area (Å²) < 4.78 is 2.49. The maximum absolute atomic E-state index is 2.53. The van der Waals surface area contributed by atoms with Crippen LogP contribution in [0, 0.1) is 6.92 Å². The van der Waals surface area contributed by atoms with E-state index >= 15 is 0 Å². The van der Waals surface area contributed by atoms with Crippen LogP contribution in [0.15, 0.2) is 121 Å². The molecule has 0 N–H and O–H groups in total. The van der Waals surface area contributed by atoms with E-state index in [1.165, 1.54) is 127 Å². The Morgan fingerprint density at radius 1 is 0.531 bits per heavy atom. The van der Waals surface area contributed by atoms with Gasteiger partial charge in [-0.2, -0.15) is 0 Å². The van der Waals surface area contributed by atoms with Crippen LogP contribution in [-0.2, 0) is 5.41 Å². The van der Waals surface area contributed by atoms with Gasteiger partial charge in [-0.1, -0.05) is 112 Å². The minimum Gasteiger partial charge on any atom is -0.309 e. The van der Waals surface area contributed by atoms with E-state index in [1.807, 2.05) is 0 Å². The average molecular weight is 634 g/mol. The molecule has 2 fully saturated rings. The lowest BCUT2D eigenvalue weighted by Crippen LogP contribution is -2.15. The first kappa shape index (κ1) is 29.1.